The van der Waals surface area contributed by atoms with Crippen molar-refractivity contribution in [3.8, 4) is 0 Å². The fourth-order valence-electron chi connectivity index (χ4n) is 3.29. The lowest BCUT2D eigenvalue weighted by atomic mass is 9.95. The van der Waals surface area contributed by atoms with E-state index in [1.807, 2.05) is 43.0 Å². The van der Waals surface area contributed by atoms with Crippen LogP contribution in [0.25, 0.3) is 0 Å². The third kappa shape index (κ3) is 6.03. The summed E-state index contributed by atoms with van der Waals surface area (Å²) in [7, 11) is 1.56. The highest BCUT2D eigenvalue weighted by Crippen LogP contribution is 2.32. The molecule has 1 unspecified atom stereocenters. The molecule has 1 aromatic rings. The minimum absolute atomic E-state index is 0.00157. The van der Waals surface area contributed by atoms with Gasteiger partial charge in [0, 0.05) is 31.5 Å². The summed E-state index contributed by atoms with van der Waals surface area (Å²) in [6.45, 7) is 7.05. The highest BCUT2D eigenvalue weighted by molar-refractivity contribution is 7.80. The normalized spacial score (nSPS) is 16.3. The van der Waals surface area contributed by atoms with Gasteiger partial charge >= 0.3 is 5.97 Å². The zero-order chi connectivity index (χ0) is 22.1. The topological polar surface area (TPSA) is 79.9 Å². The van der Waals surface area contributed by atoms with Gasteiger partial charge in [0.05, 0.1) is 18.2 Å². The van der Waals surface area contributed by atoms with E-state index >= 15 is 0 Å². The Labute approximate surface area is 183 Å². The van der Waals surface area contributed by atoms with Gasteiger partial charge in [0.15, 0.2) is 5.11 Å². The number of benzene rings is 1. The number of hydrogen-bond donors (Lipinski definition) is 2. The second-order valence-corrected chi connectivity index (χ2v) is 7.42. The Morgan fingerprint density at radius 2 is 1.90 bits per heavy atom. The number of unbranched alkanes of at least 4 members (excludes halogenated alkanes) is 1. The summed E-state index contributed by atoms with van der Waals surface area (Å²) in [5.41, 5.74) is 2.86. The van der Waals surface area contributed by atoms with Gasteiger partial charge in [-0.25, -0.2) is 4.79 Å². The van der Waals surface area contributed by atoms with Crippen LogP contribution >= 0.6 is 12.2 Å². The van der Waals surface area contributed by atoms with E-state index in [9.17, 15) is 9.59 Å². The smallest absolute Gasteiger partial charge is 0.338 e. The standard InChI is InChI=1S/C22H31N3O4S/c1-5-7-8-18(26)23-17-11-9-16(10-12-17)20-19(21(27)29-14-13-28-4)15(3)25(6-2)22(30)24-20/h9-12,20H,5-8,13-14H2,1-4H3,(H,23,26)(H,24,30). The number of thiocarbonyl (C=S) groups is 1. The Kier molecular flexibility index (Phi) is 9.26. The molecule has 0 spiro atoms. The van der Waals surface area contributed by atoms with Crippen LogP contribution < -0.4 is 10.6 Å². The monoisotopic (exact) mass is 433 g/mol. The summed E-state index contributed by atoms with van der Waals surface area (Å²) in [5, 5.41) is 6.71. The molecule has 1 amide bonds. The van der Waals surface area contributed by atoms with Gasteiger partial charge in [-0.2, -0.15) is 0 Å². The number of nitrogens with one attached hydrogen (secondary N) is 2. The lowest BCUT2D eigenvalue weighted by Gasteiger charge is -2.37. The van der Waals surface area contributed by atoms with Gasteiger partial charge in [0.2, 0.25) is 5.91 Å². The first-order valence-electron chi connectivity index (χ1n) is 10.3. The predicted octanol–water partition coefficient (Wildman–Crippen LogP) is 3.53. The Balaban J connectivity index is 2.25. The zero-order valence-electron chi connectivity index (χ0n) is 18.1. The summed E-state index contributed by atoms with van der Waals surface area (Å²) in [4.78, 5) is 26.7. The molecule has 0 saturated carbocycles. The van der Waals surface area contributed by atoms with Crippen molar-refractivity contribution >= 4 is 34.9 Å². The van der Waals surface area contributed by atoms with E-state index in [0.29, 0.717) is 30.3 Å². The minimum atomic E-state index is -0.430. The van der Waals surface area contributed by atoms with Gasteiger partial charge in [0.25, 0.3) is 0 Å². The highest BCUT2D eigenvalue weighted by Gasteiger charge is 2.34. The molecule has 1 atom stereocenters. The minimum Gasteiger partial charge on any atom is -0.460 e. The number of carbonyl (C=O) groups excluding carboxylic acids is 2. The van der Waals surface area contributed by atoms with E-state index in [-0.39, 0.29) is 12.5 Å². The molecular formula is C22H31N3O4S. The van der Waals surface area contributed by atoms with Crippen molar-refractivity contribution in [2.45, 2.75) is 46.1 Å². The Morgan fingerprint density at radius 1 is 1.20 bits per heavy atom. The van der Waals surface area contributed by atoms with Crippen LogP contribution in [0.5, 0.6) is 0 Å². The highest BCUT2D eigenvalue weighted by atomic mass is 32.1. The number of ether oxygens (including phenoxy) is 2. The Bertz CT molecular complexity index is 792. The molecule has 0 bridgehead atoms. The van der Waals surface area contributed by atoms with E-state index in [1.165, 1.54) is 0 Å². The maximum absolute atomic E-state index is 12.8. The second kappa shape index (κ2) is 11.7. The molecule has 2 rings (SSSR count). The van der Waals surface area contributed by atoms with Crippen LogP contribution in [0.15, 0.2) is 35.5 Å². The molecule has 0 fully saturated rings. The molecule has 1 aromatic carbocycles. The number of amides is 1. The molecular weight excluding hydrogens is 402 g/mol. The van der Waals surface area contributed by atoms with Crippen molar-refractivity contribution in [1.29, 1.82) is 0 Å². The SMILES string of the molecule is CCCCC(=O)Nc1ccc(C2NC(=S)N(CC)C(C)=C2C(=O)OCCOC)cc1. The molecule has 0 radical (unpaired) electrons. The quantitative estimate of drug-likeness (QED) is 0.332. The molecule has 30 heavy (non-hydrogen) atoms. The van der Waals surface area contributed by atoms with Crippen molar-refractivity contribution in [1.82, 2.24) is 10.2 Å². The first-order valence-corrected chi connectivity index (χ1v) is 10.7. The largest absolute Gasteiger partial charge is 0.460 e. The molecule has 1 aliphatic heterocycles. The molecule has 0 aliphatic carbocycles. The first kappa shape index (κ1) is 23.8. The lowest BCUT2D eigenvalue weighted by molar-refractivity contribution is -0.140. The molecule has 0 aromatic heterocycles. The maximum atomic E-state index is 12.8. The third-order valence-corrected chi connectivity index (χ3v) is 5.28. The van der Waals surface area contributed by atoms with Gasteiger partial charge in [-0.1, -0.05) is 25.5 Å². The van der Waals surface area contributed by atoms with E-state index < -0.39 is 12.0 Å². The number of allylic oxidation sites excluding steroid dienone is 1. The molecule has 8 heteroatoms. The molecule has 1 aliphatic rings. The fraction of sp³-hybridized carbons (Fsp3) is 0.500. The molecule has 1 heterocycles. The summed E-state index contributed by atoms with van der Waals surface area (Å²) >= 11 is 5.50. The number of methoxy groups -OCH3 is 1. The van der Waals surface area contributed by atoms with Crippen LogP contribution in [0, 0.1) is 0 Å². The fourth-order valence-corrected chi connectivity index (χ4v) is 3.68. The first-order chi connectivity index (χ1) is 14.4. The van der Waals surface area contributed by atoms with Crippen LogP contribution in [-0.2, 0) is 19.1 Å². The Hall–Kier alpha value is -2.45. The number of rotatable bonds is 10. The van der Waals surface area contributed by atoms with Crippen molar-refractivity contribution in [2.24, 2.45) is 0 Å². The van der Waals surface area contributed by atoms with Crippen molar-refractivity contribution in [2.75, 3.05) is 32.2 Å². The van der Waals surface area contributed by atoms with Crippen molar-refractivity contribution in [3.63, 3.8) is 0 Å². The lowest BCUT2D eigenvalue weighted by Crippen LogP contribution is -2.47. The number of anilines is 1. The van der Waals surface area contributed by atoms with Crippen LogP contribution in [0.4, 0.5) is 5.69 Å². The second-order valence-electron chi connectivity index (χ2n) is 7.03. The van der Waals surface area contributed by atoms with Gasteiger partial charge in [0.1, 0.15) is 6.61 Å². The Morgan fingerprint density at radius 3 is 2.50 bits per heavy atom. The van der Waals surface area contributed by atoms with E-state index in [0.717, 1.165) is 29.8 Å². The van der Waals surface area contributed by atoms with Gasteiger partial charge < -0.3 is 25.0 Å². The summed E-state index contributed by atoms with van der Waals surface area (Å²) in [5.74, 6) is -0.404. The van der Waals surface area contributed by atoms with Gasteiger partial charge in [-0.3, -0.25) is 4.79 Å². The summed E-state index contributed by atoms with van der Waals surface area (Å²) < 4.78 is 10.4. The number of carbonyl (C=O) groups is 2. The average Bonchev–Trinajstić information content (AvgIpc) is 2.72. The van der Waals surface area contributed by atoms with Crippen LogP contribution in [-0.4, -0.2) is 48.8 Å². The zero-order valence-corrected chi connectivity index (χ0v) is 18.9. The van der Waals surface area contributed by atoms with Crippen LogP contribution in [0.1, 0.15) is 51.6 Å². The van der Waals surface area contributed by atoms with Crippen molar-refractivity contribution < 1.29 is 19.1 Å². The third-order valence-electron chi connectivity index (χ3n) is 4.94. The van der Waals surface area contributed by atoms with Gasteiger partial charge in [-0.05, 0) is 50.2 Å². The predicted molar refractivity (Wildman–Crippen MR) is 121 cm³/mol. The van der Waals surface area contributed by atoms with E-state index in [4.69, 9.17) is 21.7 Å². The van der Waals surface area contributed by atoms with E-state index in [2.05, 4.69) is 17.6 Å². The summed E-state index contributed by atoms with van der Waals surface area (Å²) in [6, 6.07) is 7.00. The molecule has 164 valence electrons. The van der Waals surface area contributed by atoms with E-state index in [1.54, 1.807) is 7.11 Å². The maximum Gasteiger partial charge on any atom is 0.338 e. The average molecular weight is 434 g/mol. The molecule has 0 saturated heterocycles. The van der Waals surface area contributed by atoms with Crippen LogP contribution in [0.3, 0.4) is 0 Å². The molecule has 2 N–H and O–H groups in total. The van der Waals surface area contributed by atoms with Gasteiger partial charge in [-0.15, -0.1) is 0 Å². The molecule has 7 nitrogen and oxygen atoms in total. The van der Waals surface area contributed by atoms with Crippen LogP contribution in [0.2, 0.25) is 0 Å². The number of esters is 1. The summed E-state index contributed by atoms with van der Waals surface area (Å²) in [6.07, 6.45) is 2.34. The number of hydrogen-bond acceptors (Lipinski definition) is 5. The number of nitrogens with zero attached hydrogens (tertiary/aromatic N) is 1. The van der Waals surface area contributed by atoms with Crippen molar-refractivity contribution in [3.05, 3.63) is 41.1 Å².